The fraction of sp³-hybridized carbons (Fsp3) is 1.00. The van der Waals surface area contributed by atoms with Crippen LogP contribution in [0.15, 0.2) is 0 Å². The molecule has 0 aliphatic carbocycles. The van der Waals surface area contributed by atoms with Crippen LogP contribution in [0.1, 0.15) is 33.6 Å². The first-order valence-electron chi connectivity index (χ1n) is 6.41. The number of methoxy groups -OCH3 is 1. The van der Waals surface area contributed by atoms with Crippen LogP contribution in [-0.4, -0.2) is 44.3 Å². The third kappa shape index (κ3) is 4.40. The van der Waals surface area contributed by atoms with Crippen molar-refractivity contribution in [3.05, 3.63) is 0 Å². The average molecular weight is 228 g/mol. The number of piperidine rings is 1. The first-order valence-corrected chi connectivity index (χ1v) is 6.41. The molecule has 1 saturated heterocycles. The number of rotatable bonds is 5. The van der Waals surface area contributed by atoms with Crippen molar-refractivity contribution in [2.75, 3.05) is 33.4 Å². The SMILES string of the molecule is COCC(C)(C)CN1CCC(C(C)N)CC1. The zero-order chi connectivity index (χ0) is 12.2. The van der Waals surface area contributed by atoms with Gasteiger partial charge in [-0.1, -0.05) is 13.8 Å². The number of nitrogens with zero attached hydrogens (tertiary/aromatic N) is 1. The predicted molar refractivity (Wildman–Crippen MR) is 68.5 cm³/mol. The van der Waals surface area contributed by atoms with Crippen LogP contribution in [-0.2, 0) is 4.74 Å². The number of nitrogens with two attached hydrogens (primary N) is 1. The standard InChI is InChI=1S/C13H28N2O/c1-11(14)12-5-7-15(8-6-12)9-13(2,3)10-16-4/h11-12H,5-10,14H2,1-4H3. The molecule has 2 N–H and O–H groups in total. The van der Waals surface area contributed by atoms with Crippen LogP contribution in [0.3, 0.4) is 0 Å². The maximum atomic E-state index is 5.95. The monoisotopic (exact) mass is 228 g/mol. The Balaban J connectivity index is 2.31. The summed E-state index contributed by atoms with van der Waals surface area (Å²) in [5, 5.41) is 0. The molecule has 1 heterocycles. The minimum atomic E-state index is 0.260. The number of hydrogen-bond donors (Lipinski definition) is 1. The molecule has 1 aliphatic heterocycles. The van der Waals surface area contributed by atoms with Gasteiger partial charge in [0.15, 0.2) is 0 Å². The Hall–Kier alpha value is -0.120. The molecule has 1 atom stereocenters. The van der Waals surface area contributed by atoms with Gasteiger partial charge in [0, 0.05) is 25.1 Å². The molecule has 1 unspecified atom stereocenters. The minimum Gasteiger partial charge on any atom is -0.384 e. The van der Waals surface area contributed by atoms with E-state index in [1.54, 1.807) is 7.11 Å². The molecule has 96 valence electrons. The Morgan fingerprint density at radius 1 is 1.38 bits per heavy atom. The number of ether oxygens (including phenoxy) is 1. The summed E-state index contributed by atoms with van der Waals surface area (Å²) < 4.78 is 5.26. The highest BCUT2D eigenvalue weighted by Crippen LogP contribution is 2.24. The summed E-state index contributed by atoms with van der Waals surface area (Å²) in [7, 11) is 1.78. The van der Waals surface area contributed by atoms with Gasteiger partial charge in [-0.2, -0.15) is 0 Å². The second-order valence-corrected chi connectivity index (χ2v) is 6.07. The molecule has 0 amide bonds. The van der Waals surface area contributed by atoms with Crippen LogP contribution in [0.5, 0.6) is 0 Å². The van der Waals surface area contributed by atoms with Gasteiger partial charge in [-0.25, -0.2) is 0 Å². The normalized spacial score (nSPS) is 22.3. The molecular weight excluding hydrogens is 200 g/mol. The Bertz CT molecular complexity index is 196. The molecule has 0 bridgehead atoms. The topological polar surface area (TPSA) is 38.5 Å². The van der Waals surface area contributed by atoms with Gasteiger partial charge in [0.2, 0.25) is 0 Å². The van der Waals surface area contributed by atoms with E-state index >= 15 is 0 Å². The molecule has 1 aliphatic rings. The van der Waals surface area contributed by atoms with Gasteiger partial charge in [-0.3, -0.25) is 0 Å². The zero-order valence-corrected chi connectivity index (χ0v) is 11.3. The van der Waals surface area contributed by atoms with E-state index in [1.165, 1.54) is 25.9 Å². The largest absolute Gasteiger partial charge is 0.384 e. The fourth-order valence-electron chi connectivity index (χ4n) is 2.68. The van der Waals surface area contributed by atoms with Crippen LogP contribution >= 0.6 is 0 Å². The lowest BCUT2D eigenvalue weighted by molar-refractivity contribution is 0.0551. The van der Waals surface area contributed by atoms with Crippen molar-refractivity contribution in [3.63, 3.8) is 0 Å². The molecule has 0 aromatic heterocycles. The van der Waals surface area contributed by atoms with E-state index in [-0.39, 0.29) is 5.41 Å². The van der Waals surface area contributed by atoms with Gasteiger partial charge in [-0.15, -0.1) is 0 Å². The van der Waals surface area contributed by atoms with Crippen LogP contribution in [0.25, 0.3) is 0 Å². The summed E-state index contributed by atoms with van der Waals surface area (Å²) in [5.74, 6) is 0.724. The first-order chi connectivity index (χ1) is 7.44. The van der Waals surface area contributed by atoms with E-state index in [4.69, 9.17) is 10.5 Å². The third-order valence-corrected chi connectivity index (χ3v) is 3.56. The van der Waals surface area contributed by atoms with E-state index in [0.29, 0.717) is 6.04 Å². The minimum absolute atomic E-state index is 0.260. The van der Waals surface area contributed by atoms with Crippen molar-refractivity contribution in [3.8, 4) is 0 Å². The van der Waals surface area contributed by atoms with Crippen LogP contribution < -0.4 is 5.73 Å². The molecule has 3 heteroatoms. The second kappa shape index (κ2) is 5.99. The van der Waals surface area contributed by atoms with Gasteiger partial charge < -0.3 is 15.4 Å². The summed E-state index contributed by atoms with van der Waals surface area (Å²) in [4.78, 5) is 2.55. The summed E-state index contributed by atoms with van der Waals surface area (Å²) in [5.41, 5.74) is 6.21. The van der Waals surface area contributed by atoms with E-state index in [1.807, 2.05) is 0 Å². The van der Waals surface area contributed by atoms with Gasteiger partial charge in [0.25, 0.3) is 0 Å². The molecule has 0 radical (unpaired) electrons. The maximum absolute atomic E-state index is 5.95. The van der Waals surface area contributed by atoms with Crippen molar-refractivity contribution in [1.29, 1.82) is 0 Å². The van der Waals surface area contributed by atoms with Gasteiger partial charge in [0.05, 0.1) is 6.61 Å². The van der Waals surface area contributed by atoms with Crippen LogP contribution in [0.2, 0.25) is 0 Å². The van der Waals surface area contributed by atoms with Crippen LogP contribution in [0.4, 0.5) is 0 Å². The van der Waals surface area contributed by atoms with Crippen molar-refractivity contribution >= 4 is 0 Å². The molecule has 0 aromatic rings. The Kier molecular flexibility index (Phi) is 5.22. The van der Waals surface area contributed by atoms with Crippen molar-refractivity contribution in [2.45, 2.75) is 39.7 Å². The maximum Gasteiger partial charge on any atom is 0.0525 e. The highest BCUT2D eigenvalue weighted by Gasteiger charge is 2.26. The van der Waals surface area contributed by atoms with Gasteiger partial charge >= 0.3 is 0 Å². The summed E-state index contributed by atoms with van der Waals surface area (Å²) >= 11 is 0. The summed E-state index contributed by atoms with van der Waals surface area (Å²) in [6, 6.07) is 0.356. The first kappa shape index (κ1) is 13.9. The Morgan fingerprint density at radius 2 is 1.94 bits per heavy atom. The van der Waals surface area contributed by atoms with Gasteiger partial charge in [-0.05, 0) is 38.8 Å². The molecule has 3 nitrogen and oxygen atoms in total. The number of likely N-dealkylation sites (tertiary alicyclic amines) is 1. The molecule has 0 aromatic carbocycles. The highest BCUT2D eigenvalue weighted by molar-refractivity contribution is 4.81. The van der Waals surface area contributed by atoms with Crippen molar-refractivity contribution < 1.29 is 4.74 Å². The lowest BCUT2D eigenvalue weighted by atomic mass is 9.88. The lowest BCUT2D eigenvalue weighted by Crippen LogP contribution is -2.44. The Labute approximate surface area is 100 Å². The lowest BCUT2D eigenvalue weighted by Gasteiger charge is -2.38. The second-order valence-electron chi connectivity index (χ2n) is 6.07. The fourth-order valence-corrected chi connectivity index (χ4v) is 2.68. The molecule has 0 saturated carbocycles. The van der Waals surface area contributed by atoms with E-state index in [9.17, 15) is 0 Å². The molecule has 1 rings (SSSR count). The Morgan fingerprint density at radius 3 is 2.38 bits per heavy atom. The smallest absolute Gasteiger partial charge is 0.0525 e. The molecule has 1 fully saturated rings. The zero-order valence-electron chi connectivity index (χ0n) is 11.3. The van der Waals surface area contributed by atoms with Gasteiger partial charge in [0.1, 0.15) is 0 Å². The quantitative estimate of drug-likeness (QED) is 0.778. The highest BCUT2D eigenvalue weighted by atomic mass is 16.5. The predicted octanol–water partition coefficient (Wildman–Crippen LogP) is 1.72. The number of hydrogen-bond acceptors (Lipinski definition) is 3. The summed E-state index contributed by atoms with van der Waals surface area (Å²) in [6.45, 7) is 11.0. The van der Waals surface area contributed by atoms with E-state index in [2.05, 4.69) is 25.7 Å². The third-order valence-electron chi connectivity index (χ3n) is 3.56. The van der Waals surface area contributed by atoms with E-state index in [0.717, 1.165) is 19.1 Å². The summed E-state index contributed by atoms with van der Waals surface area (Å²) in [6.07, 6.45) is 2.50. The van der Waals surface area contributed by atoms with Crippen molar-refractivity contribution in [1.82, 2.24) is 4.90 Å². The van der Waals surface area contributed by atoms with E-state index < -0.39 is 0 Å². The van der Waals surface area contributed by atoms with Crippen LogP contribution in [0, 0.1) is 11.3 Å². The molecule has 16 heavy (non-hydrogen) atoms. The average Bonchev–Trinajstić information content (AvgIpc) is 2.17. The molecular formula is C13H28N2O. The van der Waals surface area contributed by atoms with Crippen molar-refractivity contribution in [2.24, 2.45) is 17.1 Å². The molecule has 0 spiro atoms.